The van der Waals surface area contributed by atoms with E-state index in [9.17, 15) is 4.79 Å². The first kappa shape index (κ1) is 22.2. The fraction of sp³-hybridized carbons (Fsp3) is 0.214. The second-order valence-corrected chi connectivity index (χ2v) is 9.45. The third kappa shape index (κ3) is 4.68. The molecule has 1 aliphatic carbocycles. The van der Waals surface area contributed by atoms with Crippen molar-refractivity contribution in [2.75, 3.05) is 17.7 Å². The molecule has 6 heteroatoms. The molecule has 0 fully saturated rings. The van der Waals surface area contributed by atoms with Crippen LogP contribution in [0.15, 0.2) is 79.0 Å². The Morgan fingerprint density at radius 2 is 1.82 bits per heavy atom. The Morgan fingerprint density at radius 1 is 1.00 bits per heavy atom. The molecule has 2 N–H and O–H groups in total. The second-order valence-electron chi connectivity index (χ2n) is 8.34. The molecule has 5 rings (SSSR count). The third-order valence-corrected chi connectivity index (χ3v) is 7.37. The van der Waals surface area contributed by atoms with E-state index in [0.29, 0.717) is 5.56 Å². The maximum absolute atomic E-state index is 13.1. The number of nitrogens with zero attached hydrogens (tertiary/aromatic N) is 1. The number of thiophene rings is 1. The predicted octanol–water partition coefficient (Wildman–Crippen LogP) is 6.48. The van der Waals surface area contributed by atoms with Crippen molar-refractivity contribution in [2.45, 2.75) is 31.7 Å². The largest absolute Gasteiger partial charge is 0.497 e. The summed E-state index contributed by atoms with van der Waals surface area (Å²) in [6, 6.07) is 23.1. The Balaban J connectivity index is 1.62. The van der Waals surface area contributed by atoms with Gasteiger partial charge in [-0.05, 0) is 73.2 Å². The number of nitrogens with one attached hydrogen (secondary N) is 2. The molecule has 172 valence electrons. The molecule has 0 aliphatic heterocycles. The highest BCUT2D eigenvalue weighted by Gasteiger charge is 2.29. The quantitative estimate of drug-likeness (QED) is 0.325. The molecule has 4 aromatic rings. The Morgan fingerprint density at radius 3 is 2.62 bits per heavy atom. The Kier molecular flexibility index (Phi) is 6.58. The lowest BCUT2D eigenvalue weighted by Crippen LogP contribution is -2.19. The first-order valence-corrected chi connectivity index (χ1v) is 12.4. The molecular formula is C28H27N3O2S. The number of hydrogen-bond acceptors (Lipinski definition) is 5. The summed E-state index contributed by atoms with van der Waals surface area (Å²) in [7, 11) is 1.68. The lowest BCUT2D eigenvalue weighted by atomic mass is 9.89. The monoisotopic (exact) mass is 469 g/mol. The maximum Gasteiger partial charge on any atom is 0.256 e. The smallest absolute Gasteiger partial charge is 0.256 e. The number of carbonyl (C=O) groups excluding carboxylic acids is 1. The summed E-state index contributed by atoms with van der Waals surface area (Å²) in [5.41, 5.74) is 4.18. The van der Waals surface area contributed by atoms with Crippen molar-refractivity contribution in [1.82, 2.24) is 4.98 Å². The maximum atomic E-state index is 13.1. The summed E-state index contributed by atoms with van der Waals surface area (Å²) in [6.45, 7) is 0. The normalized spacial score (nSPS) is 13.6. The lowest BCUT2D eigenvalue weighted by molar-refractivity contribution is 0.102. The van der Waals surface area contributed by atoms with Gasteiger partial charge in [-0.15, -0.1) is 11.3 Å². The van der Waals surface area contributed by atoms with Gasteiger partial charge in [0.1, 0.15) is 16.6 Å². The van der Waals surface area contributed by atoms with Crippen LogP contribution < -0.4 is 15.4 Å². The zero-order valence-electron chi connectivity index (χ0n) is 19.1. The van der Waals surface area contributed by atoms with E-state index < -0.39 is 0 Å². The predicted molar refractivity (Wildman–Crippen MR) is 138 cm³/mol. The summed E-state index contributed by atoms with van der Waals surface area (Å²) in [4.78, 5) is 19.0. The van der Waals surface area contributed by atoms with Gasteiger partial charge in [0, 0.05) is 22.2 Å². The van der Waals surface area contributed by atoms with Crippen molar-refractivity contribution >= 4 is 28.1 Å². The van der Waals surface area contributed by atoms with Gasteiger partial charge in [0.05, 0.1) is 13.2 Å². The molecule has 2 aromatic heterocycles. The van der Waals surface area contributed by atoms with Crippen molar-refractivity contribution in [2.24, 2.45) is 0 Å². The van der Waals surface area contributed by atoms with E-state index in [4.69, 9.17) is 4.74 Å². The number of rotatable bonds is 7. The zero-order chi connectivity index (χ0) is 23.3. The van der Waals surface area contributed by atoms with Crippen LogP contribution in [0, 0.1) is 0 Å². The average molecular weight is 470 g/mol. The number of amides is 1. The minimum Gasteiger partial charge on any atom is -0.497 e. The third-order valence-electron chi connectivity index (χ3n) is 6.15. The van der Waals surface area contributed by atoms with Crippen molar-refractivity contribution < 1.29 is 9.53 Å². The van der Waals surface area contributed by atoms with Gasteiger partial charge in [0.2, 0.25) is 0 Å². The number of aromatic nitrogens is 1. The highest BCUT2D eigenvalue weighted by Crippen LogP contribution is 2.44. The minimum absolute atomic E-state index is 0.0947. The average Bonchev–Trinajstić information content (AvgIpc) is 3.26. The fourth-order valence-electron chi connectivity index (χ4n) is 4.49. The molecule has 1 aliphatic rings. The molecule has 34 heavy (non-hydrogen) atoms. The minimum atomic E-state index is -0.186. The summed E-state index contributed by atoms with van der Waals surface area (Å²) in [6.07, 6.45) is 6.16. The number of benzene rings is 2. The highest BCUT2D eigenvalue weighted by atomic mass is 32.1. The van der Waals surface area contributed by atoms with E-state index in [1.54, 1.807) is 24.6 Å². The van der Waals surface area contributed by atoms with Crippen LogP contribution in [0.4, 0.5) is 10.8 Å². The number of pyridine rings is 1. The Hall–Kier alpha value is -3.64. The van der Waals surface area contributed by atoms with E-state index in [2.05, 4.69) is 27.8 Å². The van der Waals surface area contributed by atoms with Gasteiger partial charge >= 0.3 is 0 Å². The molecule has 0 radical (unpaired) electrons. The summed E-state index contributed by atoms with van der Waals surface area (Å²) in [5.74, 6) is 1.48. The summed E-state index contributed by atoms with van der Waals surface area (Å²) < 4.78 is 5.53. The van der Waals surface area contributed by atoms with Gasteiger partial charge in [-0.2, -0.15) is 0 Å². The van der Waals surface area contributed by atoms with E-state index in [1.165, 1.54) is 16.9 Å². The topological polar surface area (TPSA) is 63.2 Å². The Labute approximate surface area is 203 Å². The number of aryl methyl sites for hydroxylation is 1. The summed E-state index contributed by atoms with van der Waals surface area (Å²) >= 11 is 1.70. The standard InChI is InChI=1S/C28H27N3O2S/c1-33-21-13-9-12-20(18-21)26(30-24-16-7-8-17-29-24)25-22-14-5-6-15-23(22)34-28(25)31-27(32)19-10-3-2-4-11-19/h2-4,7-13,16-18,26H,5-6,14-15H2,1H3,(H,29,30)(H,31,32)/t26-/m1/s1. The molecule has 0 unspecified atom stereocenters. The van der Waals surface area contributed by atoms with Gasteiger partial charge in [-0.25, -0.2) is 4.98 Å². The molecule has 0 saturated heterocycles. The van der Waals surface area contributed by atoms with Crippen molar-refractivity contribution in [1.29, 1.82) is 0 Å². The van der Waals surface area contributed by atoms with Gasteiger partial charge < -0.3 is 15.4 Å². The van der Waals surface area contributed by atoms with Crippen molar-refractivity contribution in [3.63, 3.8) is 0 Å². The number of fused-ring (bicyclic) bond motifs is 1. The van der Waals surface area contributed by atoms with Crippen LogP contribution in [0.2, 0.25) is 0 Å². The second kappa shape index (κ2) is 10.1. The van der Waals surface area contributed by atoms with Crippen LogP contribution in [-0.4, -0.2) is 18.0 Å². The van der Waals surface area contributed by atoms with Gasteiger partial charge in [0.25, 0.3) is 5.91 Å². The number of anilines is 2. The first-order chi connectivity index (χ1) is 16.7. The van der Waals surface area contributed by atoms with Crippen LogP contribution in [0.5, 0.6) is 5.75 Å². The van der Waals surface area contributed by atoms with Crippen LogP contribution in [0.25, 0.3) is 0 Å². The van der Waals surface area contributed by atoms with Crippen molar-refractivity contribution in [3.05, 3.63) is 106 Å². The molecule has 1 amide bonds. The van der Waals surface area contributed by atoms with E-state index in [-0.39, 0.29) is 11.9 Å². The molecule has 2 aromatic carbocycles. The van der Waals surface area contributed by atoms with Gasteiger partial charge in [-0.3, -0.25) is 4.79 Å². The van der Waals surface area contributed by atoms with E-state index in [0.717, 1.165) is 47.0 Å². The van der Waals surface area contributed by atoms with Crippen LogP contribution in [0.1, 0.15) is 50.8 Å². The molecule has 0 spiro atoms. The van der Waals surface area contributed by atoms with Crippen LogP contribution in [-0.2, 0) is 12.8 Å². The van der Waals surface area contributed by atoms with E-state index in [1.807, 2.05) is 60.7 Å². The molecule has 0 bridgehead atoms. The fourth-order valence-corrected chi connectivity index (χ4v) is 5.82. The SMILES string of the molecule is COc1cccc([C@@H](Nc2ccccn2)c2c(NC(=O)c3ccccc3)sc3c2CCCC3)c1. The van der Waals surface area contributed by atoms with Gasteiger partial charge in [0.15, 0.2) is 0 Å². The molecule has 2 heterocycles. The van der Waals surface area contributed by atoms with Crippen LogP contribution in [0.3, 0.4) is 0 Å². The van der Waals surface area contributed by atoms with Gasteiger partial charge in [-0.1, -0.05) is 36.4 Å². The molecule has 1 atom stereocenters. The number of hydrogen-bond donors (Lipinski definition) is 2. The number of carbonyl (C=O) groups is 1. The Bertz CT molecular complexity index is 1270. The number of methoxy groups -OCH3 is 1. The lowest BCUT2D eigenvalue weighted by Gasteiger charge is -2.24. The highest BCUT2D eigenvalue weighted by molar-refractivity contribution is 7.16. The zero-order valence-corrected chi connectivity index (χ0v) is 19.9. The van der Waals surface area contributed by atoms with Crippen LogP contribution >= 0.6 is 11.3 Å². The summed E-state index contributed by atoms with van der Waals surface area (Å²) in [5, 5.41) is 7.78. The number of ether oxygens (including phenoxy) is 1. The molecular weight excluding hydrogens is 442 g/mol. The molecule has 5 nitrogen and oxygen atoms in total. The first-order valence-electron chi connectivity index (χ1n) is 11.6. The molecule has 0 saturated carbocycles. The van der Waals surface area contributed by atoms with E-state index >= 15 is 0 Å². The van der Waals surface area contributed by atoms with Crippen molar-refractivity contribution in [3.8, 4) is 5.75 Å².